The fraction of sp³-hybridized carbons (Fsp3) is 0.304. The Kier molecular flexibility index (Phi) is 7.37. The summed E-state index contributed by atoms with van der Waals surface area (Å²) in [5.41, 5.74) is 2.10. The average molecular weight is 424 g/mol. The Hall–Kier alpha value is -3.68. The van der Waals surface area contributed by atoms with Crippen molar-refractivity contribution >= 4 is 23.4 Å². The molecule has 0 saturated carbocycles. The maximum Gasteiger partial charge on any atom is 0.306 e. The summed E-state index contributed by atoms with van der Waals surface area (Å²) in [6, 6.07) is 14.4. The summed E-state index contributed by atoms with van der Waals surface area (Å²) in [5, 5.41) is 5.73. The third-order valence-corrected chi connectivity index (χ3v) is 4.81. The van der Waals surface area contributed by atoms with Crippen LogP contribution >= 0.6 is 0 Å². The van der Waals surface area contributed by atoms with Crippen molar-refractivity contribution in [2.45, 2.75) is 19.3 Å². The molecular formula is C23H24N2O6. The number of esters is 1. The van der Waals surface area contributed by atoms with E-state index in [-0.39, 0.29) is 24.3 Å². The van der Waals surface area contributed by atoms with Gasteiger partial charge in [-0.05, 0) is 17.7 Å². The van der Waals surface area contributed by atoms with E-state index in [0.29, 0.717) is 24.5 Å². The third kappa shape index (κ3) is 5.69. The molecule has 1 amide bonds. The molecule has 31 heavy (non-hydrogen) atoms. The molecule has 1 heterocycles. The van der Waals surface area contributed by atoms with Crippen LogP contribution in [0.4, 0.5) is 0 Å². The quantitative estimate of drug-likeness (QED) is 0.454. The number of ether oxygens (including phenoxy) is 3. The van der Waals surface area contributed by atoms with Crippen LogP contribution in [-0.4, -0.2) is 55.8 Å². The van der Waals surface area contributed by atoms with Gasteiger partial charge in [0.2, 0.25) is 11.7 Å². The topological polar surface area (TPSA) is 94.5 Å². The molecule has 2 aromatic rings. The first kappa shape index (κ1) is 22.0. The molecule has 8 nitrogen and oxygen atoms in total. The fourth-order valence-electron chi connectivity index (χ4n) is 3.13. The molecule has 8 heteroatoms. The first-order valence-corrected chi connectivity index (χ1v) is 9.86. The summed E-state index contributed by atoms with van der Waals surface area (Å²) in [4.78, 5) is 36.7. The summed E-state index contributed by atoms with van der Waals surface area (Å²) in [6.07, 6.45) is 0.501. The Morgan fingerprint density at radius 3 is 2.48 bits per heavy atom. The van der Waals surface area contributed by atoms with E-state index in [1.165, 1.54) is 19.2 Å². The number of methoxy groups -OCH3 is 2. The number of amides is 1. The first-order chi connectivity index (χ1) is 15.0. The molecule has 1 aliphatic heterocycles. The third-order valence-electron chi connectivity index (χ3n) is 4.81. The largest absolute Gasteiger partial charge is 0.497 e. The van der Waals surface area contributed by atoms with Crippen LogP contribution in [0.25, 0.3) is 0 Å². The SMILES string of the molecule is COc1ccc(C(=O)COC(=O)CCC(=O)N2CCC(c3ccccc3)=N2)c(OC)c1. The van der Waals surface area contributed by atoms with Crippen molar-refractivity contribution in [3.05, 3.63) is 59.7 Å². The van der Waals surface area contributed by atoms with Crippen LogP contribution in [0.2, 0.25) is 0 Å². The van der Waals surface area contributed by atoms with E-state index in [9.17, 15) is 14.4 Å². The molecule has 0 bridgehead atoms. The lowest BCUT2D eigenvalue weighted by molar-refractivity contribution is -0.145. The van der Waals surface area contributed by atoms with E-state index in [4.69, 9.17) is 14.2 Å². The molecule has 162 valence electrons. The molecule has 0 aliphatic carbocycles. The predicted molar refractivity (Wildman–Crippen MR) is 113 cm³/mol. The highest BCUT2D eigenvalue weighted by atomic mass is 16.5. The van der Waals surface area contributed by atoms with Crippen LogP contribution in [0.5, 0.6) is 11.5 Å². The van der Waals surface area contributed by atoms with Crippen LogP contribution in [0.15, 0.2) is 53.6 Å². The Labute approximate surface area is 180 Å². The van der Waals surface area contributed by atoms with E-state index in [2.05, 4.69) is 5.10 Å². The van der Waals surface area contributed by atoms with Crippen LogP contribution in [0.3, 0.4) is 0 Å². The number of carbonyl (C=O) groups excluding carboxylic acids is 3. The van der Waals surface area contributed by atoms with Gasteiger partial charge in [-0.3, -0.25) is 14.4 Å². The maximum absolute atomic E-state index is 12.4. The summed E-state index contributed by atoms with van der Waals surface area (Å²) in [6.45, 7) is 0.0452. The zero-order valence-electron chi connectivity index (χ0n) is 17.5. The van der Waals surface area contributed by atoms with Gasteiger partial charge in [0.15, 0.2) is 6.61 Å². The highest BCUT2D eigenvalue weighted by Gasteiger charge is 2.22. The van der Waals surface area contributed by atoms with Crippen LogP contribution in [0.1, 0.15) is 35.2 Å². The average Bonchev–Trinajstić information content (AvgIpc) is 3.31. The lowest BCUT2D eigenvalue weighted by Gasteiger charge is -2.11. The molecule has 3 rings (SSSR count). The number of hydrogen-bond acceptors (Lipinski definition) is 7. The van der Waals surface area contributed by atoms with Gasteiger partial charge in [0.1, 0.15) is 11.5 Å². The van der Waals surface area contributed by atoms with Gasteiger partial charge in [-0.1, -0.05) is 30.3 Å². The van der Waals surface area contributed by atoms with E-state index < -0.39 is 18.4 Å². The Morgan fingerprint density at radius 2 is 1.77 bits per heavy atom. The molecule has 1 aliphatic rings. The van der Waals surface area contributed by atoms with Gasteiger partial charge in [-0.2, -0.15) is 5.10 Å². The highest BCUT2D eigenvalue weighted by molar-refractivity contribution is 6.03. The predicted octanol–water partition coefficient (Wildman–Crippen LogP) is 2.85. The second-order valence-electron chi connectivity index (χ2n) is 6.83. The zero-order valence-corrected chi connectivity index (χ0v) is 17.5. The number of hydrazone groups is 1. The van der Waals surface area contributed by atoms with Crippen molar-refractivity contribution in [3.63, 3.8) is 0 Å². The van der Waals surface area contributed by atoms with Gasteiger partial charge in [-0.25, -0.2) is 5.01 Å². The van der Waals surface area contributed by atoms with Crippen LogP contribution in [0, 0.1) is 0 Å². The zero-order chi connectivity index (χ0) is 22.2. The summed E-state index contributed by atoms with van der Waals surface area (Å²) >= 11 is 0. The minimum absolute atomic E-state index is 0.0373. The smallest absolute Gasteiger partial charge is 0.306 e. The molecule has 0 saturated heterocycles. The van der Waals surface area contributed by atoms with Gasteiger partial charge in [-0.15, -0.1) is 0 Å². The van der Waals surface area contributed by atoms with Gasteiger partial charge in [0.25, 0.3) is 0 Å². The molecule has 0 aromatic heterocycles. The number of carbonyl (C=O) groups is 3. The van der Waals surface area contributed by atoms with Gasteiger partial charge >= 0.3 is 5.97 Å². The van der Waals surface area contributed by atoms with Crippen molar-refractivity contribution in [1.29, 1.82) is 0 Å². The number of hydrogen-bond donors (Lipinski definition) is 0. The van der Waals surface area contributed by atoms with Crippen molar-refractivity contribution in [1.82, 2.24) is 5.01 Å². The first-order valence-electron chi connectivity index (χ1n) is 9.86. The molecular weight excluding hydrogens is 400 g/mol. The number of nitrogens with zero attached hydrogens (tertiary/aromatic N) is 2. The molecule has 0 N–H and O–H groups in total. The minimum Gasteiger partial charge on any atom is -0.497 e. The normalized spacial score (nSPS) is 12.8. The Balaban J connectivity index is 1.47. The van der Waals surface area contributed by atoms with E-state index in [0.717, 1.165) is 11.3 Å². The van der Waals surface area contributed by atoms with Crippen molar-refractivity contribution in [2.24, 2.45) is 5.10 Å². The Morgan fingerprint density at radius 1 is 1.00 bits per heavy atom. The maximum atomic E-state index is 12.4. The Bertz CT molecular complexity index is 987. The van der Waals surface area contributed by atoms with Crippen molar-refractivity contribution in [2.75, 3.05) is 27.4 Å². The molecule has 0 spiro atoms. The van der Waals surface area contributed by atoms with Gasteiger partial charge in [0.05, 0.1) is 38.5 Å². The molecule has 0 atom stereocenters. The number of ketones is 1. The lowest BCUT2D eigenvalue weighted by atomic mass is 10.1. The number of rotatable bonds is 9. The summed E-state index contributed by atoms with van der Waals surface area (Å²) < 4.78 is 15.3. The molecule has 0 fully saturated rings. The van der Waals surface area contributed by atoms with Crippen molar-refractivity contribution < 1.29 is 28.6 Å². The van der Waals surface area contributed by atoms with Gasteiger partial charge < -0.3 is 14.2 Å². The highest BCUT2D eigenvalue weighted by Crippen LogP contribution is 2.25. The minimum atomic E-state index is -0.624. The van der Waals surface area contributed by atoms with Crippen molar-refractivity contribution in [3.8, 4) is 11.5 Å². The number of benzene rings is 2. The van der Waals surface area contributed by atoms with E-state index in [1.807, 2.05) is 30.3 Å². The van der Waals surface area contributed by atoms with E-state index in [1.54, 1.807) is 18.2 Å². The van der Waals surface area contributed by atoms with Gasteiger partial charge in [0, 0.05) is 18.9 Å². The van der Waals surface area contributed by atoms with E-state index >= 15 is 0 Å². The molecule has 2 aromatic carbocycles. The fourth-order valence-corrected chi connectivity index (χ4v) is 3.13. The summed E-state index contributed by atoms with van der Waals surface area (Å²) in [5.74, 6) is -0.414. The molecule has 0 unspecified atom stereocenters. The second-order valence-corrected chi connectivity index (χ2v) is 6.83. The van der Waals surface area contributed by atoms with Crippen LogP contribution < -0.4 is 9.47 Å². The second kappa shape index (κ2) is 10.4. The summed E-state index contributed by atoms with van der Waals surface area (Å²) in [7, 11) is 2.95. The monoisotopic (exact) mass is 424 g/mol. The lowest BCUT2D eigenvalue weighted by Crippen LogP contribution is -2.24. The van der Waals surface area contributed by atoms with Crippen LogP contribution in [-0.2, 0) is 14.3 Å². The molecule has 0 radical (unpaired) electrons. The number of Topliss-reactive ketones (excluding diaryl/α,β-unsaturated/α-hetero) is 1. The standard InChI is InChI=1S/C23H24N2O6/c1-29-17-8-9-18(21(14-17)30-2)20(26)15-31-23(28)11-10-22(27)25-13-12-19(24-25)16-6-4-3-5-7-16/h3-9,14H,10-13,15H2,1-2H3.